The lowest BCUT2D eigenvalue weighted by atomic mass is 10.2. The van der Waals surface area contributed by atoms with Crippen LogP contribution in [0.2, 0.25) is 0 Å². The van der Waals surface area contributed by atoms with E-state index in [1.165, 1.54) is 0 Å². The van der Waals surface area contributed by atoms with Crippen LogP contribution < -0.4 is 4.74 Å². The van der Waals surface area contributed by atoms with Gasteiger partial charge in [-0.2, -0.15) is 0 Å². The van der Waals surface area contributed by atoms with Crippen LogP contribution >= 0.6 is 0 Å². The Bertz CT molecular complexity index is 262. The molecule has 4 heteroatoms. The van der Waals surface area contributed by atoms with Crippen LogP contribution in [0, 0.1) is 0 Å². The van der Waals surface area contributed by atoms with E-state index >= 15 is 0 Å². The molecule has 0 aliphatic heterocycles. The number of aliphatic hydroxyl groups is 3. The SMILES string of the molecule is OCc1ccccc1O[C@H](O)CO. The molecule has 0 aromatic heterocycles. The van der Waals surface area contributed by atoms with Crippen LogP contribution in [0.25, 0.3) is 0 Å². The van der Waals surface area contributed by atoms with E-state index < -0.39 is 12.9 Å². The monoisotopic (exact) mass is 184 g/mol. The molecule has 0 amide bonds. The first-order chi connectivity index (χ1) is 6.27. The molecule has 1 aromatic rings. The second kappa shape index (κ2) is 4.81. The predicted octanol–water partition coefficient (Wildman–Crippen LogP) is -0.132. The number of ether oxygens (including phenoxy) is 1. The van der Waals surface area contributed by atoms with Crippen molar-refractivity contribution in [2.75, 3.05) is 6.61 Å². The summed E-state index contributed by atoms with van der Waals surface area (Å²) >= 11 is 0. The molecule has 0 spiro atoms. The minimum Gasteiger partial charge on any atom is -0.462 e. The van der Waals surface area contributed by atoms with Crippen LogP contribution in [0.1, 0.15) is 5.56 Å². The molecule has 0 bridgehead atoms. The first-order valence-corrected chi connectivity index (χ1v) is 3.92. The van der Waals surface area contributed by atoms with Gasteiger partial charge in [0.2, 0.25) is 6.29 Å². The molecule has 1 aromatic carbocycles. The topological polar surface area (TPSA) is 69.9 Å². The van der Waals surface area contributed by atoms with Crippen molar-refractivity contribution in [2.45, 2.75) is 12.9 Å². The Kier molecular flexibility index (Phi) is 3.70. The van der Waals surface area contributed by atoms with Gasteiger partial charge in [-0.05, 0) is 6.07 Å². The highest BCUT2D eigenvalue weighted by atomic mass is 16.6. The molecule has 0 aliphatic carbocycles. The van der Waals surface area contributed by atoms with Crippen LogP contribution in [-0.2, 0) is 6.61 Å². The molecule has 72 valence electrons. The molecule has 4 nitrogen and oxygen atoms in total. The van der Waals surface area contributed by atoms with Crippen molar-refractivity contribution in [3.05, 3.63) is 29.8 Å². The van der Waals surface area contributed by atoms with Crippen molar-refractivity contribution in [3.8, 4) is 5.75 Å². The summed E-state index contributed by atoms with van der Waals surface area (Å²) in [5.74, 6) is 0.381. The van der Waals surface area contributed by atoms with E-state index in [0.29, 0.717) is 11.3 Å². The van der Waals surface area contributed by atoms with Gasteiger partial charge in [-0.25, -0.2) is 0 Å². The fourth-order valence-corrected chi connectivity index (χ4v) is 0.933. The highest BCUT2D eigenvalue weighted by Gasteiger charge is 2.06. The Labute approximate surface area is 76.0 Å². The van der Waals surface area contributed by atoms with Gasteiger partial charge in [0, 0.05) is 5.56 Å². The zero-order valence-corrected chi connectivity index (χ0v) is 7.05. The van der Waals surface area contributed by atoms with Gasteiger partial charge in [0.15, 0.2) is 0 Å². The zero-order chi connectivity index (χ0) is 9.68. The summed E-state index contributed by atoms with van der Waals surface area (Å²) < 4.78 is 4.93. The van der Waals surface area contributed by atoms with Crippen LogP contribution in [0.15, 0.2) is 24.3 Å². The second-order valence-electron chi connectivity index (χ2n) is 2.52. The molecular weight excluding hydrogens is 172 g/mol. The molecule has 0 aliphatic rings. The standard InChI is InChI=1S/C9H12O4/c10-5-7-3-1-2-4-8(7)13-9(12)6-11/h1-4,9-12H,5-6H2/t9-/m0/s1. The van der Waals surface area contributed by atoms with Crippen molar-refractivity contribution >= 4 is 0 Å². The molecule has 1 atom stereocenters. The summed E-state index contributed by atoms with van der Waals surface area (Å²) in [5, 5.41) is 26.4. The molecule has 0 fully saturated rings. The lowest BCUT2D eigenvalue weighted by Gasteiger charge is -2.13. The third-order valence-corrected chi connectivity index (χ3v) is 1.56. The van der Waals surface area contributed by atoms with E-state index in [4.69, 9.17) is 20.1 Å². The summed E-state index contributed by atoms with van der Waals surface area (Å²) in [6.07, 6.45) is -1.24. The van der Waals surface area contributed by atoms with Crippen molar-refractivity contribution in [1.82, 2.24) is 0 Å². The highest BCUT2D eigenvalue weighted by molar-refractivity contribution is 5.32. The lowest BCUT2D eigenvalue weighted by Crippen LogP contribution is -2.20. The van der Waals surface area contributed by atoms with Gasteiger partial charge < -0.3 is 20.1 Å². The summed E-state index contributed by atoms with van der Waals surface area (Å²) in [4.78, 5) is 0. The van der Waals surface area contributed by atoms with E-state index in [9.17, 15) is 0 Å². The number of benzene rings is 1. The molecule has 0 radical (unpaired) electrons. The Morgan fingerprint density at radius 2 is 1.92 bits per heavy atom. The van der Waals surface area contributed by atoms with Crippen molar-refractivity contribution in [2.24, 2.45) is 0 Å². The quantitative estimate of drug-likeness (QED) is 0.570. The first-order valence-electron chi connectivity index (χ1n) is 3.92. The van der Waals surface area contributed by atoms with Gasteiger partial charge in [0.05, 0.1) is 6.61 Å². The predicted molar refractivity (Wildman–Crippen MR) is 46.1 cm³/mol. The molecule has 13 heavy (non-hydrogen) atoms. The highest BCUT2D eigenvalue weighted by Crippen LogP contribution is 2.18. The summed E-state index contributed by atoms with van der Waals surface area (Å²) in [6, 6.07) is 6.77. The molecule has 0 saturated carbocycles. The molecule has 0 unspecified atom stereocenters. The number of para-hydroxylation sites is 1. The lowest BCUT2D eigenvalue weighted by molar-refractivity contribution is -0.0557. The average Bonchev–Trinajstić information content (AvgIpc) is 2.18. The van der Waals surface area contributed by atoms with E-state index in [-0.39, 0.29) is 6.61 Å². The molecule has 0 heterocycles. The minimum atomic E-state index is -1.24. The molecular formula is C9H12O4. The van der Waals surface area contributed by atoms with E-state index in [0.717, 1.165) is 0 Å². The minimum absolute atomic E-state index is 0.158. The average molecular weight is 184 g/mol. The van der Waals surface area contributed by atoms with Gasteiger partial charge in [-0.15, -0.1) is 0 Å². The number of hydrogen-bond donors (Lipinski definition) is 3. The Balaban J connectivity index is 2.74. The largest absolute Gasteiger partial charge is 0.462 e. The second-order valence-corrected chi connectivity index (χ2v) is 2.52. The molecule has 1 rings (SSSR count). The summed E-state index contributed by atoms with van der Waals surface area (Å²) in [6.45, 7) is -0.631. The van der Waals surface area contributed by atoms with Gasteiger partial charge in [0.1, 0.15) is 12.4 Å². The third kappa shape index (κ3) is 2.69. The Morgan fingerprint density at radius 3 is 2.54 bits per heavy atom. The number of hydrogen-bond acceptors (Lipinski definition) is 4. The van der Waals surface area contributed by atoms with Crippen LogP contribution in [0.4, 0.5) is 0 Å². The van der Waals surface area contributed by atoms with E-state index in [1.54, 1.807) is 24.3 Å². The number of aliphatic hydroxyl groups excluding tert-OH is 3. The van der Waals surface area contributed by atoms with Gasteiger partial charge in [-0.1, -0.05) is 18.2 Å². The third-order valence-electron chi connectivity index (χ3n) is 1.56. The summed E-state index contributed by atoms with van der Waals surface area (Å²) in [7, 11) is 0. The molecule has 3 N–H and O–H groups in total. The Morgan fingerprint density at radius 1 is 1.23 bits per heavy atom. The fraction of sp³-hybridized carbons (Fsp3) is 0.333. The number of rotatable bonds is 4. The normalized spacial score (nSPS) is 12.5. The Hall–Kier alpha value is -1.10. The van der Waals surface area contributed by atoms with Crippen molar-refractivity contribution in [1.29, 1.82) is 0 Å². The molecule has 0 saturated heterocycles. The van der Waals surface area contributed by atoms with Crippen LogP contribution in [0.5, 0.6) is 5.75 Å². The zero-order valence-electron chi connectivity index (χ0n) is 7.05. The van der Waals surface area contributed by atoms with Crippen LogP contribution in [-0.4, -0.2) is 28.2 Å². The maximum atomic E-state index is 8.98. The maximum absolute atomic E-state index is 8.98. The summed E-state index contributed by atoms with van der Waals surface area (Å²) in [5.41, 5.74) is 0.579. The van der Waals surface area contributed by atoms with Crippen molar-refractivity contribution < 1.29 is 20.1 Å². The first kappa shape index (κ1) is 9.98. The van der Waals surface area contributed by atoms with E-state index in [1.807, 2.05) is 0 Å². The van der Waals surface area contributed by atoms with Gasteiger partial charge >= 0.3 is 0 Å². The van der Waals surface area contributed by atoms with Crippen LogP contribution in [0.3, 0.4) is 0 Å². The van der Waals surface area contributed by atoms with Gasteiger partial charge in [-0.3, -0.25) is 0 Å². The van der Waals surface area contributed by atoms with E-state index in [2.05, 4.69) is 0 Å². The fourth-order valence-electron chi connectivity index (χ4n) is 0.933. The smallest absolute Gasteiger partial charge is 0.220 e. The van der Waals surface area contributed by atoms with Crippen molar-refractivity contribution in [3.63, 3.8) is 0 Å². The maximum Gasteiger partial charge on any atom is 0.220 e. The van der Waals surface area contributed by atoms with Gasteiger partial charge in [0.25, 0.3) is 0 Å².